The number of carbonyl (C=O) groups is 1. The molecule has 0 aliphatic carbocycles. The molecule has 0 unspecified atom stereocenters. The van der Waals surface area contributed by atoms with E-state index >= 15 is 0 Å². The second-order valence-electron chi connectivity index (χ2n) is 13.7. The molecule has 3 aromatic rings. The quantitative estimate of drug-likeness (QED) is 0.354. The lowest BCUT2D eigenvalue weighted by atomic mass is 9.79. The lowest BCUT2D eigenvalue weighted by Gasteiger charge is -2.39. The monoisotopic (exact) mass is 547 g/mol. The first kappa shape index (κ1) is 25.1. The van der Waals surface area contributed by atoms with E-state index in [4.69, 9.17) is 4.74 Å². The average Bonchev–Trinajstić information content (AvgIpc) is 2.96. The summed E-state index contributed by atoms with van der Waals surface area (Å²) >= 11 is 0. The molecule has 0 aromatic heterocycles. The van der Waals surface area contributed by atoms with Gasteiger partial charge in [-0.3, -0.25) is 0 Å². The molecule has 5 heteroatoms. The van der Waals surface area contributed by atoms with Gasteiger partial charge in [0.15, 0.2) is 0 Å². The Balaban J connectivity index is 1.55. The Hall–Kier alpha value is -3.60. The van der Waals surface area contributed by atoms with Crippen LogP contribution in [0.5, 0.6) is 11.5 Å². The molecule has 0 bridgehead atoms. The van der Waals surface area contributed by atoms with Crippen LogP contribution in [0.15, 0.2) is 30.3 Å². The minimum Gasteiger partial charge on any atom is -0.478 e. The van der Waals surface area contributed by atoms with Gasteiger partial charge in [0.1, 0.15) is 24.6 Å². The molecule has 8 rings (SSSR count). The fourth-order valence-corrected chi connectivity index (χ4v) is 8.21. The molecule has 0 spiro atoms. The van der Waals surface area contributed by atoms with Crippen LogP contribution in [0.25, 0.3) is 5.57 Å². The van der Waals surface area contributed by atoms with Crippen LogP contribution in [0, 0.1) is 0 Å². The number of hydrogen-bond acceptors (Lipinski definition) is 3. The number of rotatable bonds is 2. The van der Waals surface area contributed by atoms with Crippen LogP contribution in [-0.2, 0) is 31.1 Å². The van der Waals surface area contributed by atoms with Crippen molar-refractivity contribution in [3.63, 3.8) is 0 Å². The van der Waals surface area contributed by atoms with Crippen molar-refractivity contribution in [1.29, 1.82) is 0 Å². The molecule has 0 fully saturated rings. The predicted molar refractivity (Wildman–Crippen MR) is 162 cm³/mol. The third-order valence-corrected chi connectivity index (χ3v) is 10.1. The number of aromatic carboxylic acids is 1. The van der Waals surface area contributed by atoms with Crippen molar-refractivity contribution in [2.45, 2.75) is 77.6 Å². The fraction of sp³-hybridized carbons (Fsp3) is 0.444. The first-order valence-electron chi connectivity index (χ1n) is 15.6. The van der Waals surface area contributed by atoms with Gasteiger partial charge in [0, 0.05) is 59.1 Å². The van der Waals surface area contributed by atoms with E-state index in [-0.39, 0.29) is 5.41 Å². The first-order chi connectivity index (χ1) is 19.8. The van der Waals surface area contributed by atoms with Crippen LogP contribution < -0.4 is 24.8 Å². The molecule has 0 atom stereocenters. The van der Waals surface area contributed by atoms with Gasteiger partial charge < -0.3 is 14.7 Å². The molecule has 3 aromatic carbocycles. The van der Waals surface area contributed by atoms with Crippen LogP contribution in [0.4, 0.5) is 5.69 Å². The maximum atomic E-state index is 12.8. The Morgan fingerprint density at radius 1 is 0.854 bits per heavy atom. The van der Waals surface area contributed by atoms with Crippen LogP contribution >= 0.6 is 0 Å². The normalized spacial score (nSPS) is 18.7. The molecule has 5 nitrogen and oxygen atoms in total. The summed E-state index contributed by atoms with van der Waals surface area (Å²) in [6, 6.07) is 10.7. The second-order valence-corrected chi connectivity index (χ2v) is 13.7. The Bertz CT molecular complexity index is 1790. The number of benzene rings is 3. The highest BCUT2D eigenvalue weighted by atomic mass is 16.5. The van der Waals surface area contributed by atoms with Gasteiger partial charge in [0.25, 0.3) is 0 Å². The van der Waals surface area contributed by atoms with E-state index in [1.807, 2.05) is 12.1 Å². The van der Waals surface area contributed by atoms with Gasteiger partial charge in [-0.15, -0.1) is 0 Å². The van der Waals surface area contributed by atoms with E-state index < -0.39 is 5.97 Å². The smallest absolute Gasteiger partial charge is 0.336 e. The molecule has 0 saturated heterocycles. The maximum Gasteiger partial charge on any atom is 0.336 e. The second kappa shape index (κ2) is 8.95. The summed E-state index contributed by atoms with van der Waals surface area (Å²) in [7, 11) is 0. The van der Waals surface area contributed by atoms with Crippen molar-refractivity contribution < 1.29 is 14.6 Å². The van der Waals surface area contributed by atoms with Crippen molar-refractivity contribution in [2.75, 3.05) is 31.1 Å². The minimum absolute atomic E-state index is 0.103. The summed E-state index contributed by atoms with van der Waals surface area (Å²) in [5, 5.41) is 13.0. The number of carboxylic acids is 1. The van der Waals surface area contributed by atoms with E-state index in [1.165, 1.54) is 33.3 Å². The molecule has 5 aliphatic rings. The standard InChI is InChI=1S/C36H38N2O3/c1-36(2,3)23-12-13-24(35(39)40)27(20-23)30-28-18-21-8-4-14-37-16-6-10-25(31(21)37)33(28)41-34-26-11-7-17-38-15-5-9-22(32(26)38)19-29(30)34/h12-13,18-20H,4-11,14-17H2,1-3H3/p+1. The fourth-order valence-electron chi connectivity index (χ4n) is 8.21. The van der Waals surface area contributed by atoms with Crippen molar-refractivity contribution >= 4 is 17.2 Å². The third-order valence-electron chi connectivity index (χ3n) is 10.1. The van der Waals surface area contributed by atoms with Gasteiger partial charge in [-0.05, 0) is 84.9 Å². The zero-order chi connectivity index (χ0) is 28.0. The van der Waals surface area contributed by atoms with Crippen molar-refractivity contribution in [1.82, 2.24) is 4.58 Å². The number of carboxylic acid groups (broad SMARTS) is 1. The van der Waals surface area contributed by atoms with Gasteiger partial charge in [-0.25, -0.2) is 9.37 Å². The van der Waals surface area contributed by atoms with Crippen molar-refractivity contribution in [3.8, 4) is 11.5 Å². The Morgan fingerprint density at radius 2 is 1.59 bits per heavy atom. The zero-order valence-corrected chi connectivity index (χ0v) is 24.5. The molecule has 41 heavy (non-hydrogen) atoms. The summed E-state index contributed by atoms with van der Waals surface area (Å²) < 4.78 is 9.71. The minimum atomic E-state index is -0.876. The van der Waals surface area contributed by atoms with E-state index in [0.29, 0.717) is 5.56 Å². The molecule has 0 radical (unpaired) electrons. The number of ether oxygens (including phenoxy) is 1. The molecule has 210 valence electrons. The topological polar surface area (TPSA) is 52.8 Å². The SMILES string of the molecule is CC(C)(C)c1ccc(C(=O)O)c(C2=c3cc4c5c(c3Oc3c2cc2c6c3CCCN6CCC2)CCC[N+]=5CCC4)c1. The lowest BCUT2D eigenvalue weighted by molar-refractivity contribution is 0.0696. The summed E-state index contributed by atoms with van der Waals surface area (Å²) in [5.74, 6) is 1.07. The molecular weight excluding hydrogens is 508 g/mol. The van der Waals surface area contributed by atoms with Gasteiger partial charge >= 0.3 is 5.97 Å². The first-order valence-corrected chi connectivity index (χ1v) is 15.6. The van der Waals surface area contributed by atoms with Crippen LogP contribution in [-0.4, -0.2) is 37.3 Å². The van der Waals surface area contributed by atoms with Crippen molar-refractivity contribution in [3.05, 3.63) is 85.4 Å². The molecule has 1 N–H and O–H groups in total. The maximum absolute atomic E-state index is 12.8. The summed E-state index contributed by atoms with van der Waals surface area (Å²) in [4.78, 5) is 15.4. The Kier molecular flexibility index (Phi) is 5.49. The predicted octanol–water partition coefficient (Wildman–Crippen LogP) is 5.12. The Labute approximate surface area is 241 Å². The molecule has 5 heterocycles. The number of hydrogen-bond donors (Lipinski definition) is 1. The molecule has 0 amide bonds. The van der Waals surface area contributed by atoms with Gasteiger partial charge in [-0.2, -0.15) is 0 Å². The highest BCUT2D eigenvalue weighted by molar-refractivity contribution is 5.99. The number of fused-ring (bicyclic) bond motifs is 4. The van der Waals surface area contributed by atoms with Crippen LogP contribution in [0.3, 0.4) is 0 Å². The Morgan fingerprint density at radius 3 is 2.37 bits per heavy atom. The van der Waals surface area contributed by atoms with Gasteiger partial charge in [0.2, 0.25) is 5.36 Å². The highest BCUT2D eigenvalue weighted by Crippen LogP contribution is 2.49. The largest absolute Gasteiger partial charge is 0.478 e. The zero-order valence-electron chi connectivity index (χ0n) is 24.5. The summed E-state index contributed by atoms with van der Waals surface area (Å²) in [6.07, 6.45) is 8.69. The average molecular weight is 548 g/mol. The molecule has 5 aliphatic heterocycles. The summed E-state index contributed by atoms with van der Waals surface area (Å²) in [6.45, 7) is 11.0. The lowest BCUT2D eigenvalue weighted by Crippen LogP contribution is -2.45. The van der Waals surface area contributed by atoms with Crippen molar-refractivity contribution in [2.24, 2.45) is 0 Å². The highest BCUT2D eigenvalue weighted by Gasteiger charge is 2.36. The van der Waals surface area contributed by atoms with E-state index in [9.17, 15) is 9.90 Å². The van der Waals surface area contributed by atoms with Crippen LogP contribution in [0.1, 0.15) is 95.8 Å². The summed E-state index contributed by atoms with van der Waals surface area (Å²) in [5.41, 5.74) is 11.2. The van der Waals surface area contributed by atoms with Crippen LogP contribution in [0.2, 0.25) is 0 Å². The third kappa shape index (κ3) is 3.73. The molecule has 0 saturated carbocycles. The van der Waals surface area contributed by atoms with E-state index in [0.717, 1.165) is 117 Å². The number of nitrogens with zero attached hydrogens (tertiary/aromatic N) is 2. The van der Waals surface area contributed by atoms with Gasteiger partial charge in [-0.1, -0.05) is 26.8 Å². The van der Waals surface area contributed by atoms with E-state index in [2.05, 4.69) is 48.4 Å². The van der Waals surface area contributed by atoms with E-state index in [1.54, 1.807) is 0 Å². The molecular formula is C36H39N2O3+. The number of anilines is 1. The number of aryl methyl sites for hydroxylation is 2. The van der Waals surface area contributed by atoms with Gasteiger partial charge in [0.05, 0.1) is 11.1 Å².